The van der Waals surface area contributed by atoms with E-state index in [0.29, 0.717) is 5.56 Å². The number of nitro benzene ring substituents is 1. The van der Waals surface area contributed by atoms with Gasteiger partial charge in [-0.1, -0.05) is 32.0 Å². The molecule has 1 amide bonds. The van der Waals surface area contributed by atoms with Gasteiger partial charge in [-0.3, -0.25) is 14.9 Å². The van der Waals surface area contributed by atoms with Crippen LogP contribution in [0.15, 0.2) is 42.5 Å². The molecule has 126 valence electrons. The molecule has 0 spiro atoms. The lowest BCUT2D eigenvalue weighted by Gasteiger charge is -2.23. The molecule has 2 aromatic carbocycles. The summed E-state index contributed by atoms with van der Waals surface area (Å²) in [4.78, 5) is 23.1. The van der Waals surface area contributed by atoms with Gasteiger partial charge in [-0.2, -0.15) is 0 Å². The van der Waals surface area contributed by atoms with Gasteiger partial charge in [0.1, 0.15) is 5.82 Å². The van der Waals surface area contributed by atoms with E-state index < -0.39 is 4.92 Å². The third-order valence-electron chi connectivity index (χ3n) is 3.93. The van der Waals surface area contributed by atoms with Gasteiger partial charge in [0, 0.05) is 17.2 Å². The molecule has 1 unspecified atom stereocenters. The highest BCUT2D eigenvalue weighted by Crippen LogP contribution is 2.25. The molecule has 24 heavy (non-hydrogen) atoms. The molecule has 0 aliphatic rings. The van der Waals surface area contributed by atoms with E-state index in [-0.39, 0.29) is 34.9 Å². The molecule has 0 bridgehead atoms. The molecule has 0 aliphatic heterocycles. The summed E-state index contributed by atoms with van der Waals surface area (Å²) in [5, 5.41) is 13.9. The smallest absolute Gasteiger partial charge is 0.273 e. The number of benzene rings is 2. The Labute approximate surface area is 139 Å². The maximum atomic E-state index is 13.1. The minimum Gasteiger partial charge on any atom is -0.345 e. The number of rotatable bonds is 5. The van der Waals surface area contributed by atoms with Gasteiger partial charge in [0.25, 0.3) is 11.6 Å². The van der Waals surface area contributed by atoms with Gasteiger partial charge in [-0.15, -0.1) is 0 Å². The molecule has 0 fully saturated rings. The van der Waals surface area contributed by atoms with E-state index in [9.17, 15) is 19.3 Å². The zero-order valence-corrected chi connectivity index (χ0v) is 13.7. The molecule has 0 aromatic heterocycles. The molecule has 1 atom stereocenters. The summed E-state index contributed by atoms with van der Waals surface area (Å²) in [5.41, 5.74) is 1.27. The third kappa shape index (κ3) is 3.76. The number of amides is 1. The molecule has 6 heteroatoms. The van der Waals surface area contributed by atoms with Crippen LogP contribution in [0.1, 0.15) is 41.4 Å². The lowest BCUT2D eigenvalue weighted by atomic mass is 9.95. The monoisotopic (exact) mass is 330 g/mol. The second-order valence-electron chi connectivity index (χ2n) is 5.95. The standard InChI is InChI=1S/C18H19FN2O3/c1-11(2)17(13-7-9-14(19)10-8-13)20-18(22)15-5-4-6-16(12(15)3)21(23)24/h4-11,17H,1-3H3,(H,20,22). The molecule has 0 saturated carbocycles. The lowest BCUT2D eigenvalue weighted by Crippen LogP contribution is -2.32. The van der Waals surface area contributed by atoms with Gasteiger partial charge in [0.05, 0.1) is 11.0 Å². The second kappa shape index (κ2) is 7.21. The van der Waals surface area contributed by atoms with Gasteiger partial charge < -0.3 is 5.32 Å². The molecular formula is C18H19FN2O3. The van der Waals surface area contributed by atoms with Crippen molar-refractivity contribution in [1.29, 1.82) is 0 Å². The Morgan fingerprint density at radius 1 is 1.17 bits per heavy atom. The van der Waals surface area contributed by atoms with E-state index in [1.54, 1.807) is 25.1 Å². The quantitative estimate of drug-likeness (QED) is 0.660. The SMILES string of the molecule is Cc1c(C(=O)NC(c2ccc(F)cc2)C(C)C)cccc1[N+](=O)[O-]. The van der Waals surface area contributed by atoms with E-state index >= 15 is 0 Å². The number of halogens is 1. The lowest BCUT2D eigenvalue weighted by molar-refractivity contribution is -0.385. The summed E-state index contributed by atoms with van der Waals surface area (Å²) >= 11 is 0. The number of carbonyl (C=O) groups is 1. The topological polar surface area (TPSA) is 72.2 Å². The first-order valence-electron chi connectivity index (χ1n) is 7.61. The number of hydrogen-bond acceptors (Lipinski definition) is 3. The van der Waals surface area contributed by atoms with E-state index in [2.05, 4.69) is 5.32 Å². The Morgan fingerprint density at radius 2 is 1.79 bits per heavy atom. The molecule has 1 N–H and O–H groups in total. The van der Waals surface area contributed by atoms with Crippen molar-refractivity contribution in [3.63, 3.8) is 0 Å². The van der Waals surface area contributed by atoms with Crippen LogP contribution in [0.5, 0.6) is 0 Å². The molecule has 5 nitrogen and oxygen atoms in total. The molecule has 0 heterocycles. The van der Waals surface area contributed by atoms with Crippen molar-refractivity contribution in [3.8, 4) is 0 Å². The highest BCUT2D eigenvalue weighted by atomic mass is 19.1. The minimum atomic E-state index is -0.508. The fourth-order valence-electron chi connectivity index (χ4n) is 2.59. The first-order valence-corrected chi connectivity index (χ1v) is 7.61. The molecule has 0 saturated heterocycles. The van der Waals surface area contributed by atoms with Crippen LogP contribution in [0.2, 0.25) is 0 Å². The van der Waals surface area contributed by atoms with Gasteiger partial charge in [0.15, 0.2) is 0 Å². The van der Waals surface area contributed by atoms with Crippen LogP contribution in [0.4, 0.5) is 10.1 Å². The van der Waals surface area contributed by atoms with Crippen molar-refractivity contribution in [1.82, 2.24) is 5.32 Å². The first kappa shape index (κ1) is 17.6. The Morgan fingerprint density at radius 3 is 2.33 bits per heavy atom. The largest absolute Gasteiger partial charge is 0.345 e. The normalized spacial score (nSPS) is 12.0. The number of nitrogens with zero attached hydrogens (tertiary/aromatic N) is 1. The molecule has 2 aromatic rings. The average molecular weight is 330 g/mol. The molecule has 0 aliphatic carbocycles. The van der Waals surface area contributed by atoms with Gasteiger partial charge in [-0.25, -0.2) is 4.39 Å². The van der Waals surface area contributed by atoms with Crippen LogP contribution in [0.25, 0.3) is 0 Å². The third-order valence-corrected chi connectivity index (χ3v) is 3.93. The van der Waals surface area contributed by atoms with Crippen LogP contribution >= 0.6 is 0 Å². The summed E-state index contributed by atoms with van der Waals surface area (Å²) in [6, 6.07) is 10.0. The predicted octanol–water partition coefficient (Wildman–Crippen LogP) is 4.17. The van der Waals surface area contributed by atoms with E-state index in [4.69, 9.17) is 0 Å². The fraction of sp³-hybridized carbons (Fsp3) is 0.278. The zero-order chi connectivity index (χ0) is 17.9. The Hall–Kier alpha value is -2.76. The molecular weight excluding hydrogens is 311 g/mol. The maximum Gasteiger partial charge on any atom is 0.273 e. The van der Waals surface area contributed by atoms with Crippen molar-refractivity contribution in [2.24, 2.45) is 5.92 Å². The van der Waals surface area contributed by atoms with Crippen LogP contribution in [0.3, 0.4) is 0 Å². The maximum absolute atomic E-state index is 13.1. The van der Waals surface area contributed by atoms with E-state index in [0.717, 1.165) is 5.56 Å². The molecule has 2 rings (SSSR count). The van der Waals surface area contributed by atoms with Crippen LogP contribution in [-0.2, 0) is 0 Å². The van der Waals surface area contributed by atoms with Crippen LogP contribution in [-0.4, -0.2) is 10.8 Å². The summed E-state index contributed by atoms with van der Waals surface area (Å²) in [6.45, 7) is 5.43. The van der Waals surface area contributed by atoms with Crippen LogP contribution < -0.4 is 5.32 Å². The van der Waals surface area contributed by atoms with Crippen molar-refractivity contribution < 1.29 is 14.1 Å². The number of hydrogen-bond donors (Lipinski definition) is 1. The van der Waals surface area contributed by atoms with Crippen molar-refractivity contribution in [2.75, 3.05) is 0 Å². The Bertz CT molecular complexity index is 757. The molecule has 0 radical (unpaired) electrons. The first-order chi connectivity index (χ1) is 11.3. The van der Waals surface area contributed by atoms with Gasteiger partial charge in [-0.05, 0) is 36.6 Å². The summed E-state index contributed by atoms with van der Waals surface area (Å²) < 4.78 is 13.1. The Kier molecular flexibility index (Phi) is 5.28. The van der Waals surface area contributed by atoms with Crippen molar-refractivity contribution >= 4 is 11.6 Å². The van der Waals surface area contributed by atoms with Crippen molar-refractivity contribution in [3.05, 3.63) is 75.1 Å². The van der Waals surface area contributed by atoms with Gasteiger partial charge in [0.2, 0.25) is 0 Å². The number of carbonyl (C=O) groups excluding carboxylic acids is 1. The van der Waals surface area contributed by atoms with E-state index in [1.165, 1.54) is 24.3 Å². The number of nitrogens with one attached hydrogen (secondary N) is 1. The summed E-state index contributed by atoms with van der Waals surface area (Å²) in [6.07, 6.45) is 0. The fourth-order valence-corrected chi connectivity index (χ4v) is 2.59. The highest BCUT2D eigenvalue weighted by molar-refractivity contribution is 5.96. The minimum absolute atomic E-state index is 0.0680. The van der Waals surface area contributed by atoms with Crippen molar-refractivity contribution in [2.45, 2.75) is 26.8 Å². The summed E-state index contributed by atoms with van der Waals surface area (Å²) in [5.74, 6) is -0.667. The van der Waals surface area contributed by atoms with Crippen LogP contribution in [0, 0.1) is 28.8 Å². The van der Waals surface area contributed by atoms with E-state index in [1.807, 2.05) is 13.8 Å². The second-order valence-corrected chi connectivity index (χ2v) is 5.95. The predicted molar refractivity (Wildman–Crippen MR) is 89.3 cm³/mol. The van der Waals surface area contributed by atoms with Gasteiger partial charge >= 0.3 is 0 Å². The average Bonchev–Trinajstić information content (AvgIpc) is 2.53. The zero-order valence-electron chi connectivity index (χ0n) is 13.7. The highest BCUT2D eigenvalue weighted by Gasteiger charge is 2.22. The number of nitro groups is 1. The Balaban J connectivity index is 2.31. The summed E-state index contributed by atoms with van der Waals surface area (Å²) in [7, 11) is 0.